The average molecular weight is 436 g/mol. The molecule has 0 radical (unpaired) electrons. The Balaban J connectivity index is 1.92. The van der Waals surface area contributed by atoms with Gasteiger partial charge in [-0.1, -0.05) is 23.2 Å². The van der Waals surface area contributed by atoms with Crippen molar-refractivity contribution in [1.82, 2.24) is 19.7 Å². The Labute approximate surface area is 165 Å². The first-order chi connectivity index (χ1) is 12.7. The smallest absolute Gasteiger partial charge is 0.424 e. The molecule has 3 rings (SSSR count). The number of aryl methyl sites for hydroxylation is 1. The number of hydrogen-bond acceptors (Lipinski definition) is 6. The molecule has 0 amide bonds. The number of halogens is 5. The number of alkyl halides is 3. The molecule has 0 saturated carbocycles. The van der Waals surface area contributed by atoms with Crippen LogP contribution in [0.4, 0.5) is 19.1 Å². The van der Waals surface area contributed by atoms with Gasteiger partial charge in [-0.2, -0.15) is 28.2 Å². The molecular formula is C15H10Cl2F3N5OS. The molecule has 2 aromatic heterocycles. The van der Waals surface area contributed by atoms with Crippen LogP contribution in [0.2, 0.25) is 10.2 Å². The third kappa shape index (κ3) is 4.96. The van der Waals surface area contributed by atoms with Crippen LogP contribution in [0.5, 0.6) is 11.6 Å². The highest BCUT2D eigenvalue weighted by Gasteiger charge is 2.40. The van der Waals surface area contributed by atoms with Gasteiger partial charge in [-0.3, -0.25) is 9.40 Å². The minimum atomic E-state index is -4.80. The number of benzene rings is 1. The highest BCUT2D eigenvalue weighted by molar-refractivity contribution is 8.00. The lowest BCUT2D eigenvalue weighted by atomic mass is 10.3. The molecule has 27 heavy (non-hydrogen) atoms. The van der Waals surface area contributed by atoms with E-state index in [0.717, 1.165) is 11.9 Å². The molecule has 0 aliphatic heterocycles. The van der Waals surface area contributed by atoms with Crippen molar-refractivity contribution in [2.24, 2.45) is 7.05 Å². The fourth-order valence-corrected chi connectivity index (χ4v) is 2.94. The molecule has 0 fully saturated rings. The molecule has 3 aromatic rings. The predicted octanol–water partition coefficient (Wildman–Crippen LogP) is 5.45. The maximum Gasteiger partial charge on any atom is 0.424 e. The molecule has 6 nitrogen and oxygen atoms in total. The van der Waals surface area contributed by atoms with Gasteiger partial charge < -0.3 is 4.74 Å². The first-order valence-electron chi connectivity index (χ1n) is 7.22. The van der Waals surface area contributed by atoms with Gasteiger partial charge in [0.1, 0.15) is 5.75 Å². The van der Waals surface area contributed by atoms with E-state index < -0.39 is 22.8 Å². The Hall–Kier alpha value is -2.17. The molecule has 0 spiro atoms. The molecule has 2 heterocycles. The van der Waals surface area contributed by atoms with Crippen molar-refractivity contribution < 1.29 is 17.9 Å². The van der Waals surface area contributed by atoms with Gasteiger partial charge >= 0.3 is 6.18 Å². The fourth-order valence-electron chi connectivity index (χ4n) is 1.94. The Morgan fingerprint density at radius 1 is 1.15 bits per heavy atom. The van der Waals surface area contributed by atoms with Crippen LogP contribution in [-0.2, 0) is 13.2 Å². The van der Waals surface area contributed by atoms with Gasteiger partial charge in [0.2, 0.25) is 11.8 Å². The Kier molecular flexibility index (Phi) is 5.68. The molecule has 142 valence electrons. The second-order valence-electron chi connectivity index (χ2n) is 5.13. The van der Waals surface area contributed by atoms with E-state index in [0.29, 0.717) is 9.92 Å². The van der Waals surface area contributed by atoms with Crippen LogP contribution in [0, 0.1) is 0 Å². The highest BCUT2D eigenvalue weighted by atomic mass is 35.5. The van der Waals surface area contributed by atoms with E-state index in [1.54, 1.807) is 24.1 Å². The number of hydrogen-bond donors (Lipinski definition) is 1. The zero-order valence-electron chi connectivity index (χ0n) is 13.5. The third-order valence-corrected chi connectivity index (χ3v) is 4.34. The minimum Gasteiger partial charge on any atom is -0.438 e. The van der Waals surface area contributed by atoms with Gasteiger partial charge in [0.25, 0.3) is 0 Å². The second-order valence-corrected chi connectivity index (χ2v) is 6.80. The number of aromatic nitrogens is 4. The molecular weight excluding hydrogens is 426 g/mol. The normalized spacial score (nSPS) is 11.5. The molecule has 1 aromatic carbocycles. The van der Waals surface area contributed by atoms with E-state index in [1.165, 1.54) is 24.3 Å². The number of nitrogens with zero attached hydrogens (tertiary/aromatic N) is 4. The van der Waals surface area contributed by atoms with Gasteiger partial charge in [0.15, 0.2) is 10.7 Å². The lowest BCUT2D eigenvalue weighted by Gasteiger charge is -2.15. The van der Waals surface area contributed by atoms with E-state index in [9.17, 15) is 13.2 Å². The number of ether oxygens (including phenoxy) is 1. The summed E-state index contributed by atoms with van der Waals surface area (Å²) in [5, 5.41) is 3.61. The summed E-state index contributed by atoms with van der Waals surface area (Å²) in [4.78, 5) is 8.17. The predicted molar refractivity (Wildman–Crippen MR) is 96.3 cm³/mol. The summed E-state index contributed by atoms with van der Waals surface area (Å²) in [7, 11) is 1.73. The van der Waals surface area contributed by atoms with Crippen LogP contribution < -0.4 is 9.46 Å². The average Bonchev–Trinajstić information content (AvgIpc) is 2.99. The maximum atomic E-state index is 13.4. The van der Waals surface area contributed by atoms with Gasteiger partial charge in [-0.05, 0) is 36.2 Å². The Morgan fingerprint density at radius 3 is 2.44 bits per heavy atom. The van der Waals surface area contributed by atoms with Gasteiger partial charge in [0, 0.05) is 18.3 Å². The van der Waals surface area contributed by atoms with E-state index in [-0.39, 0.29) is 11.7 Å². The molecule has 0 saturated heterocycles. The van der Waals surface area contributed by atoms with Crippen molar-refractivity contribution in [2.45, 2.75) is 11.1 Å². The van der Waals surface area contributed by atoms with Crippen molar-refractivity contribution >= 4 is 41.1 Å². The van der Waals surface area contributed by atoms with Crippen molar-refractivity contribution in [1.29, 1.82) is 0 Å². The van der Waals surface area contributed by atoms with Crippen LogP contribution in [0.15, 0.2) is 41.6 Å². The van der Waals surface area contributed by atoms with Crippen LogP contribution >= 0.6 is 35.1 Å². The first kappa shape index (κ1) is 19.6. The van der Waals surface area contributed by atoms with E-state index in [1.807, 2.05) is 0 Å². The van der Waals surface area contributed by atoms with E-state index >= 15 is 0 Å². The van der Waals surface area contributed by atoms with Crippen molar-refractivity contribution in [3.8, 4) is 11.6 Å². The quantitative estimate of drug-likeness (QED) is 0.424. The molecule has 12 heteroatoms. The second kappa shape index (κ2) is 7.83. The fraction of sp³-hybridized carbons (Fsp3) is 0.133. The Bertz CT molecular complexity index is 950. The van der Waals surface area contributed by atoms with Crippen molar-refractivity contribution in [3.63, 3.8) is 0 Å². The lowest BCUT2D eigenvalue weighted by molar-refractivity contribution is -0.139. The summed E-state index contributed by atoms with van der Waals surface area (Å²) in [5.74, 6) is -0.754. The molecule has 0 aliphatic rings. The standard InChI is InChI=1S/C15H10Cl2F3N5OS/c1-25-7-10(6-21-25)27-24-14-22-12(17)11(15(18,19)20)13(23-14)26-9-4-2-8(16)3-5-9/h2-7H,1H3,(H,22,23,24). The molecule has 0 unspecified atom stereocenters. The summed E-state index contributed by atoms with van der Waals surface area (Å²) >= 11 is 12.6. The summed E-state index contributed by atoms with van der Waals surface area (Å²) < 4.78 is 49.7. The summed E-state index contributed by atoms with van der Waals surface area (Å²) in [6.07, 6.45) is -1.53. The van der Waals surface area contributed by atoms with Crippen molar-refractivity contribution in [3.05, 3.63) is 52.4 Å². The summed E-state index contributed by atoms with van der Waals surface area (Å²) in [6.45, 7) is 0. The number of nitrogens with one attached hydrogen (secondary N) is 1. The summed E-state index contributed by atoms with van der Waals surface area (Å²) in [6, 6.07) is 5.78. The van der Waals surface area contributed by atoms with Crippen LogP contribution in [0.1, 0.15) is 5.56 Å². The minimum absolute atomic E-state index is 0.116. The SMILES string of the molecule is Cn1cc(SNc2nc(Cl)c(C(F)(F)F)c(Oc3ccc(Cl)cc3)n2)cn1. The van der Waals surface area contributed by atoms with Crippen LogP contribution in [0.25, 0.3) is 0 Å². The topological polar surface area (TPSA) is 64.9 Å². The zero-order chi connectivity index (χ0) is 19.6. The molecule has 0 bridgehead atoms. The molecule has 0 atom stereocenters. The van der Waals surface area contributed by atoms with Gasteiger partial charge in [0.05, 0.1) is 11.1 Å². The van der Waals surface area contributed by atoms with Crippen molar-refractivity contribution in [2.75, 3.05) is 4.72 Å². The number of anilines is 1. The van der Waals surface area contributed by atoms with Gasteiger partial charge in [-0.15, -0.1) is 0 Å². The zero-order valence-corrected chi connectivity index (χ0v) is 15.8. The maximum absolute atomic E-state index is 13.4. The largest absolute Gasteiger partial charge is 0.438 e. The third-order valence-electron chi connectivity index (χ3n) is 3.08. The Morgan fingerprint density at radius 2 is 1.85 bits per heavy atom. The summed E-state index contributed by atoms with van der Waals surface area (Å²) in [5.41, 5.74) is -1.27. The van der Waals surface area contributed by atoms with E-state index in [2.05, 4.69) is 19.8 Å². The lowest BCUT2D eigenvalue weighted by Crippen LogP contribution is -2.12. The monoisotopic (exact) mass is 435 g/mol. The number of rotatable bonds is 5. The van der Waals surface area contributed by atoms with Crippen LogP contribution in [-0.4, -0.2) is 19.7 Å². The van der Waals surface area contributed by atoms with E-state index in [4.69, 9.17) is 27.9 Å². The highest BCUT2D eigenvalue weighted by Crippen LogP contribution is 2.41. The van der Waals surface area contributed by atoms with Crippen LogP contribution in [0.3, 0.4) is 0 Å². The van der Waals surface area contributed by atoms with Gasteiger partial charge in [-0.25, -0.2) is 0 Å². The molecule has 0 aliphatic carbocycles. The molecule has 1 N–H and O–H groups in total. The first-order valence-corrected chi connectivity index (χ1v) is 8.79.